The number of nitrogens with zero attached hydrogens (tertiary/aromatic N) is 2. The normalized spacial score (nSPS) is 20.3. The van der Waals surface area contributed by atoms with Gasteiger partial charge in [0.15, 0.2) is 0 Å². The van der Waals surface area contributed by atoms with Crippen molar-refractivity contribution in [1.82, 2.24) is 15.1 Å². The molecule has 4 rings (SSSR count). The number of likely N-dealkylation sites (tertiary alicyclic amines) is 1. The molecule has 3 amide bonds. The number of rotatable bonds is 6. The Morgan fingerprint density at radius 3 is 2.48 bits per heavy atom. The fraction of sp³-hybridized carbons (Fsp3) is 0.360. The monoisotopic (exact) mass is 470 g/mol. The minimum Gasteiger partial charge on any atom is -0.338 e. The predicted octanol–water partition coefficient (Wildman–Crippen LogP) is 4.51. The summed E-state index contributed by atoms with van der Waals surface area (Å²) in [5.74, 6) is -0.256. The van der Waals surface area contributed by atoms with E-state index in [1.54, 1.807) is 30.4 Å². The van der Waals surface area contributed by atoms with E-state index in [0.717, 1.165) is 38.0 Å². The number of urea groups is 1. The van der Waals surface area contributed by atoms with Crippen molar-refractivity contribution in [2.24, 2.45) is 0 Å². The second-order valence-electron chi connectivity index (χ2n) is 8.50. The predicted molar refractivity (Wildman–Crippen MR) is 129 cm³/mol. The topological polar surface area (TPSA) is 64.7 Å². The summed E-state index contributed by atoms with van der Waals surface area (Å²) in [6.45, 7) is 4.71. The summed E-state index contributed by atoms with van der Waals surface area (Å²) in [6.07, 6.45) is 5.27. The molecule has 2 aliphatic rings. The van der Waals surface area contributed by atoms with Gasteiger partial charge in [0.1, 0.15) is 5.82 Å². The maximum atomic E-state index is 13.2. The van der Waals surface area contributed by atoms with Crippen LogP contribution in [0.4, 0.5) is 14.9 Å². The number of nitrogens with one attached hydrogen (secondary N) is 2. The Kier molecular flexibility index (Phi) is 7.30. The number of benzene rings is 2. The summed E-state index contributed by atoms with van der Waals surface area (Å²) >= 11 is 6.09. The quantitative estimate of drug-likeness (QED) is 0.610. The third-order valence-corrected chi connectivity index (χ3v) is 6.37. The molecule has 2 aromatic rings. The number of fused-ring (bicyclic) bond motifs is 2. The number of carbonyl (C=O) groups is 2. The van der Waals surface area contributed by atoms with Crippen LogP contribution in [0.2, 0.25) is 5.02 Å². The van der Waals surface area contributed by atoms with Crippen LogP contribution in [0.3, 0.4) is 0 Å². The Balaban J connectivity index is 1.41. The summed E-state index contributed by atoms with van der Waals surface area (Å²) in [5, 5.41) is 5.96. The van der Waals surface area contributed by atoms with Crippen molar-refractivity contribution < 1.29 is 14.0 Å². The van der Waals surface area contributed by atoms with E-state index in [1.807, 2.05) is 24.0 Å². The van der Waals surface area contributed by atoms with Crippen LogP contribution in [0.1, 0.15) is 30.9 Å². The molecule has 33 heavy (non-hydrogen) atoms. The first-order valence-electron chi connectivity index (χ1n) is 11.2. The van der Waals surface area contributed by atoms with Crippen molar-refractivity contribution in [3.8, 4) is 0 Å². The Morgan fingerprint density at radius 2 is 1.82 bits per heavy atom. The van der Waals surface area contributed by atoms with Gasteiger partial charge in [-0.15, -0.1) is 0 Å². The molecular weight excluding hydrogens is 443 g/mol. The number of halogens is 2. The lowest BCUT2D eigenvalue weighted by Gasteiger charge is -2.40. The van der Waals surface area contributed by atoms with Crippen LogP contribution < -0.4 is 10.6 Å². The maximum Gasteiger partial charge on any atom is 0.319 e. The molecule has 2 aromatic carbocycles. The van der Waals surface area contributed by atoms with Crippen molar-refractivity contribution in [3.05, 3.63) is 70.5 Å². The van der Waals surface area contributed by atoms with E-state index in [2.05, 4.69) is 15.5 Å². The van der Waals surface area contributed by atoms with Gasteiger partial charge in [0.2, 0.25) is 5.91 Å². The van der Waals surface area contributed by atoms with E-state index in [9.17, 15) is 14.0 Å². The highest BCUT2D eigenvalue weighted by molar-refractivity contribution is 6.31. The standard InChI is InChI=1S/C25H28ClFN4O2/c1-2-28-25(33)29-23-13-19(26)7-5-18(23)6-12-24(32)31-21-10-11-22(31)16-30(15-21)14-17-3-8-20(27)9-4-17/h3-9,12-13,21-22H,2,10-11,14-16H2,1H3,(H2,28,29,33)/b12-6+. The zero-order chi connectivity index (χ0) is 23.4. The molecule has 2 N–H and O–H groups in total. The summed E-state index contributed by atoms with van der Waals surface area (Å²) in [5.41, 5.74) is 2.33. The molecule has 2 bridgehead atoms. The van der Waals surface area contributed by atoms with Crippen LogP contribution in [-0.4, -0.2) is 53.5 Å². The smallest absolute Gasteiger partial charge is 0.319 e. The van der Waals surface area contributed by atoms with Gasteiger partial charge in [0.25, 0.3) is 0 Å². The summed E-state index contributed by atoms with van der Waals surface area (Å²) in [7, 11) is 0. The van der Waals surface area contributed by atoms with E-state index < -0.39 is 0 Å². The van der Waals surface area contributed by atoms with Crippen LogP contribution in [0.25, 0.3) is 6.08 Å². The van der Waals surface area contributed by atoms with Gasteiger partial charge in [0.05, 0.1) is 5.69 Å². The Labute approximate surface area is 198 Å². The molecule has 0 spiro atoms. The highest BCUT2D eigenvalue weighted by atomic mass is 35.5. The Hall–Kier alpha value is -2.90. The third-order valence-electron chi connectivity index (χ3n) is 6.14. The molecule has 0 saturated carbocycles. The highest BCUT2D eigenvalue weighted by Crippen LogP contribution is 2.31. The van der Waals surface area contributed by atoms with E-state index in [1.165, 1.54) is 12.1 Å². The van der Waals surface area contributed by atoms with Gasteiger partial charge in [-0.2, -0.15) is 0 Å². The van der Waals surface area contributed by atoms with E-state index >= 15 is 0 Å². The van der Waals surface area contributed by atoms with Crippen LogP contribution in [0, 0.1) is 5.82 Å². The summed E-state index contributed by atoms with van der Waals surface area (Å²) in [4.78, 5) is 29.4. The van der Waals surface area contributed by atoms with Crippen molar-refractivity contribution in [2.75, 3.05) is 25.0 Å². The van der Waals surface area contributed by atoms with Gasteiger partial charge in [-0.05, 0) is 61.2 Å². The lowest BCUT2D eigenvalue weighted by Crippen LogP contribution is -2.55. The Bertz CT molecular complexity index is 1030. The zero-order valence-corrected chi connectivity index (χ0v) is 19.3. The number of anilines is 1. The van der Waals surface area contributed by atoms with E-state index in [-0.39, 0.29) is 29.8 Å². The minimum absolute atomic E-state index is 0.0251. The molecule has 0 radical (unpaired) electrons. The van der Waals surface area contributed by atoms with Gasteiger partial charge >= 0.3 is 6.03 Å². The lowest BCUT2D eigenvalue weighted by atomic mass is 10.1. The molecule has 0 aliphatic carbocycles. The van der Waals surface area contributed by atoms with Gasteiger partial charge in [-0.1, -0.05) is 29.8 Å². The number of carbonyl (C=O) groups excluding carboxylic acids is 2. The second-order valence-corrected chi connectivity index (χ2v) is 8.94. The molecule has 6 nitrogen and oxygen atoms in total. The molecule has 2 fully saturated rings. The molecule has 2 heterocycles. The second kappa shape index (κ2) is 10.4. The molecule has 2 atom stereocenters. The fourth-order valence-electron chi connectivity index (χ4n) is 4.68. The summed E-state index contributed by atoms with van der Waals surface area (Å²) in [6, 6.07) is 11.8. The fourth-order valence-corrected chi connectivity index (χ4v) is 4.86. The number of piperazine rings is 1. The van der Waals surface area contributed by atoms with E-state index in [4.69, 9.17) is 11.6 Å². The molecule has 2 unspecified atom stereocenters. The zero-order valence-electron chi connectivity index (χ0n) is 18.6. The Morgan fingerprint density at radius 1 is 1.12 bits per heavy atom. The first kappa shape index (κ1) is 23.3. The SMILES string of the molecule is CCNC(=O)Nc1cc(Cl)ccc1/C=C/C(=O)N1C2CCC1CN(Cc1ccc(F)cc1)C2. The van der Waals surface area contributed by atoms with Crippen molar-refractivity contribution >= 4 is 35.3 Å². The van der Waals surface area contributed by atoms with Crippen molar-refractivity contribution in [3.63, 3.8) is 0 Å². The molecular formula is C25H28ClFN4O2. The average molecular weight is 471 g/mol. The number of hydrogen-bond donors (Lipinski definition) is 2. The third kappa shape index (κ3) is 5.72. The first-order valence-corrected chi connectivity index (χ1v) is 11.6. The van der Waals surface area contributed by atoms with Gasteiger partial charge in [-0.25, -0.2) is 9.18 Å². The minimum atomic E-state index is -0.323. The van der Waals surface area contributed by atoms with Gasteiger partial charge in [0, 0.05) is 49.4 Å². The molecule has 2 aliphatic heterocycles. The van der Waals surface area contributed by atoms with Crippen LogP contribution in [-0.2, 0) is 11.3 Å². The molecule has 2 saturated heterocycles. The number of amides is 3. The highest BCUT2D eigenvalue weighted by Gasteiger charge is 2.41. The van der Waals surface area contributed by atoms with Crippen LogP contribution in [0.15, 0.2) is 48.5 Å². The number of hydrogen-bond acceptors (Lipinski definition) is 3. The maximum absolute atomic E-state index is 13.2. The average Bonchev–Trinajstić information content (AvgIpc) is 3.05. The molecule has 8 heteroatoms. The van der Waals surface area contributed by atoms with Crippen LogP contribution >= 0.6 is 11.6 Å². The van der Waals surface area contributed by atoms with Crippen molar-refractivity contribution in [1.29, 1.82) is 0 Å². The summed E-state index contributed by atoms with van der Waals surface area (Å²) < 4.78 is 13.2. The van der Waals surface area contributed by atoms with Gasteiger partial charge < -0.3 is 15.5 Å². The first-order chi connectivity index (χ1) is 15.9. The molecule has 0 aromatic heterocycles. The largest absolute Gasteiger partial charge is 0.338 e. The lowest BCUT2D eigenvalue weighted by molar-refractivity contribution is -0.131. The van der Waals surface area contributed by atoms with E-state index in [0.29, 0.717) is 22.8 Å². The van der Waals surface area contributed by atoms with Crippen LogP contribution in [0.5, 0.6) is 0 Å². The molecule has 174 valence electrons. The van der Waals surface area contributed by atoms with Gasteiger partial charge in [-0.3, -0.25) is 9.69 Å². The van der Waals surface area contributed by atoms with Crippen molar-refractivity contribution in [2.45, 2.75) is 38.4 Å².